The molecule has 0 aromatic rings. The second-order valence-corrected chi connectivity index (χ2v) is 7.03. The second kappa shape index (κ2) is 11.8. The molecule has 0 N–H and O–H groups in total. The van der Waals surface area contributed by atoms with E-state index >= 15 is 0 Å². The van der Waals surface area contributed by atoms with Crippen LogP contribution >= 0.6 is 0 Å². The molecule has 0 heterocycles. The van der Waals surface area contributed by atoms with Crippen LogP contribution in [0.25, 0.3) is 0 Å². The molecule has 0 aliphatic carbocycles. The standard InChI is InChI=1S/C4H9.C3H9Si.Sn/c1-3-4-2;1-4(2)3;/h1,3-4H2,2H3;1-3H3;. The minimum Gasteiger partial charge on any atom is -0.0715 e. The molecule has 2 heteroatoms. The summed E-state index contributed by atoms with van der Waals surface area (Å²) in [6.45, 7) is 9.03. The zero-order valence-corrected chi connectivity index (χ0v) is 11.0. The summed E-state index contributed by atoms with van der Waals surface area (Å²) in [5.41, 5.74) is 0. The second-order valence-electron chi connectivity index (χ2n) is 2.60. The van der Waals surface area contributed by atoms with E-state index in [9.17, 15) is 0 Å². The molecular formula is C7H18SiSn. The maximum Gasteiger partial charge on any atom is 0.0379 e. The molecule has 0 spiro atoms. The molecule has 0 nitrogen and oxygen atoms in total. The van der Waals surface area contributed by atoms with Gasteiger partial charge in [-0.05, 0) is 0 Å². The Labute approximate surface area is 75.1 Å². The molecule has 0 saturated heterocycles. The number of hydrogen-bond donors (Lipinski definition) is 0. The van der Waals surface area contributed by atoms with Crippen LogP contribution in [0.2, 0.25) is 24.1 Å². The fourth-order valence-corrected chi connectivity index (χ4v) is 1.19. The first kappa shape index (κ1) is 12.7. The summed E-state index contributed by atoms with van der Waals surface area (Å²) in [6.07, 6.45) is 2.80. The molecule has 0 saturated carbocycles. The van der Waals surface area contributed by atoms with Gasteiger partial charge in [-0.1, -0.05) is 19.6 Å². The molecule has 0 bridgehead atoms. The summed E-state index contributed by atoms with van der Waals surface area (Å²) in [6, 6.07) is 0. The van der Waals surface area contributed by atoms with Gasteiger partial charge in [-0.2, -0.15) is 0 Å². The Kier molecular flexibility index (Phi) is 16.6. The normalized spacial score (nSPS) is 8.67. The Bertz CT molecular complexity index is 33.1. The van der Waals surface area contributed by atoms with Gasteiger partial charge in [-0.3, -0.25) is 0 Å². The quantitative estimate of drug-likeness (QED) is 0.660. The molecule has 9 heavy (non-hydrogen) atoms. The number of hydrogen-bond acceptors (Lipinski definition) is 0. The Balaban J connectivity index is 0. The molecule has 0 atom stereocenters. The first-order valence-corrected chi connectivity index (χ1v) is 8.58. The van der Waals surface area contributed by atoms with Crippen LogP contribution in [0.1, 0.15) is 19.8 Å². The van der Waals surface area contributed by atoms with E-state index in [2.05, 4.69) is 26.6 Å². The molecule has 0 unspecified atom stereocenters. The van der Waals surface area contributed by atoms with Gasteiger partial charge >= 0.3 is 46.7 Å². The van der Waals surface area contributed by atoms with Crippen molar-refractivity contribution in [2.75, 3.05) is 0 Å². The number of rotatable bonds is 2. The van der Waals surface area contributed by atoms with Crippen molar-refractivity contribution < 1.29 is 0 Å². The minimum absolute atomic E-state index is 0.120. The van der Waals surface area contributed by atoms with E-state index in [0.717, 1.165) is 0 Å². The van der Waals surface area contributed by atoms with Gasteiger partial charge in [0.05, 0.1) is 0 Å². The van der Waals surface area contributed by atoms with Crippen LogP contribution in [0.15, 0.2) is 0 Å². The monoisotopic (exact) mass is 250 g/mol. The fourth-order valence-electron chi connectivity index (χ4n) is 0.177. The summed E-state index contributed by atoms with van der Waals surface area (Å²) in [5.74, 6) is 0. The summed E-state index contributed by atoms with van der Waals surface area (Å²) in [5, 5.41) is 0. The van der Waals surface area contributed by atoms with Crippen molar-refractivity contribution in [2.45, 2.75) is 43.8 Å². The third-order valence-electron chi connectivity index (χ3n) is 0.530. The maximum atomic E-state index is 2.27. The van der Waals surface area contributed by atoms with Crippen LogP contribution in [0.3, 0.4) is 0 Å². The maximum absolute atomic E-state index is 2.27. The van der Waals surface area contributed by atoms with Gasteiger partial charge in [-0.15, -0.1) is 0 Å². The van der Waals surface area contributed by atoms with E-state index < -0.39 is 0 Å². The van der Waals surface area contributed by atoms with E-state index in [1.54, 1.807) is 22.5 Å². The molecule has 0 aliphatic heterocycles. The van der Waals surface area contributed by atoms with Gasteiger partial charge in [0.1, 0.15) is 0 Å². The Morgan fingerprint density at radius 1 is 1.22 bits per heavy atom. The molecule has 0 amide bonds. The van der Waals surface area contributed by atoms with Crippen molar-refractivity contribution in [3.63, 3.8) is 0 Å². The van der Waals surface area contributed by atoms with Gasteiger partial charge in [0.2, 0.25) is 0 Å². The smallest absolute Gasteiger partial charge is 0.0379 e. The van der Waals surface area contributed by atoms with E-state index in [4.69, 9.17) is 0 Å². The summed E-state index contributed by atoms with van der Waals surface area (Å²) in [4.78, 5) is 0. The molecule has 4 radical (unpaired) electrons. The van der Waals surface area contributed by atoms with Crippen molar-refractivity contribution in [1.29, 1.82) is 0 Å². The van der Waals surface area contributed by atoms with Crippen LogP contribution < -0.4 is 0 Å². The zero-order valence-electron chi connectivity index (χ0n) is 7.12. The average molecular weight is 249 g/mol. The molecule has 54 valence electrons. The third kappa shape index (κ3) is 48.8. The van der Waals surface area contributed by atoms with E-state index in [1.165, 1.54) is 17.3 Å². The van der Waals surface area contributed by atoms with Gasteiger partial charge in [-0.25, -0.2) is 0 Å². The van der Waals surface area contributed by atoms with Crippen LogP contribution in [0.5, 0.6) is 0 Å². The minimum atomic E-state index is 0.120. The van der Waals surface area contributed by atoms with Crippen LogP contribution in [-0.2, 0) is 0 Å². The Morgan fingerprint density at radius 2 is 1.56 bits per heavy atom. The molecule has 0 aliphatic rings. The van der Waals surface area contributed by atoms with E-state index in [0.29, 0.717) is 0 Å². The van der Waals surface area contributed by atoms with E-state index in [-0.39, 0.29) is 8.80 Å². The zero-order chi connectivity index (χ0) is 7.70. The topological polar surface area (TPSA) is 0 Å². The summed E-state index contributed by atoms with van der Waals surface area (Å²) < 4.78 is 1.43. The fraction of sp³-hybridized carbons (Fsp3) is 1.00. The third-order valence-corrected chi connectivity index (χ3v) is 1.54. The molecule has 0 aromatic heterocycles. The molecule has 0 rings (SSSR count). The van der Waals surface area contributed by atoms with Crippen molar-refractivity contribution >= 4 is 31.3 Å². The van der Waals surface area contributed by atoms with Crippen molar-refractivity contribution in [1.82, 2.24) is 0 Å². The van der Waals surface area contributed by atoms with Gasteiger partial charge < -0.3 is 0 Å². The predicted molar refractivity (Wildman–Crippen MR) is 48.8 cm³/mol. The largest absolute Gasteiger partial charge is 0.0715 e. The van der Waals surface area contributed by atoms with Gasteiger partial charge in [0.15, 0.2) is 0 Å². The van der Waals surface area contributed by atoms with Crippen LogP contribution in [0.4, 0.5) is 0 Å². The van der Waals surface area contributed by atoms with Crippen molar-refractivity contribution in [2.24, 2.45) is 0 Å². The average Bonchev–Trinajstić information content (AvgIpc) is 1.66. The van der Waals surface area contributed by atoms with Crippen molar-refractivity contribution in [3.05, 3.63) is 0 Å². The number of unbranched alkanes of at least 4 members (excludes halogenated alkanes) is 1. The predicted octanol–water partition coefficient (Wildman–Crippen LogP) is 2.74. The summed E-state index contributed by atoms with van der Waals surface area (Å²) >= 11 is 1.68. The first-order chi connectivity index (χ1) is 4.15. The SMILES string of the molecule is CCC[CH2][Sn].C[Si](C)C. The summed E-state index contributed by atoms with van der Waals surface area (Å²) in [7, 11) is 0.120. The van der Waals surface area contributed by atoms with Gasteiger partial charge in [0, 0.05) is 8.80 Å². The molecule has 0 aromatic carbocycles. The van der Waals surface area contributed by atoms with Crippen LogP contribution in [0, 0.1) is 0 Å². The van der Waals surface area contributed by atoms with Crippen molar-refractivity contribution in [3.8, 4) is 0 Å². The van der Waals surface area contributed by atoms with Crippen LogP contribution in [-0.4, -0.2) is 31.3 Å². The van der Waals surface area contributed by atoms with Gasteiger partial charge in [0.25, 0.3) is 0 Å². The Morgan fingerprint density at radius 3 is 1.56 bits per heavy atom. The molecule has 0 fully saturated rings. The van der Waals surface area contributed by atoms with E-state index in [1.807, 2.05) is 0 Å². The molecular weight excluding hydrogens is 231 g/mol. The first-order valence-electron chi connectivity index (χ1n) is 3.56. The Hall–Kier alpha value is 1.02.